The van der Waals surface area contributed by atoms with Crippen molar-refractivity contribution >= 4 is 23.7 Å². The Morgan fingerprint density at radius 3 is 2.10 bits per heavy atom. The first-order valence-corrected chi connectivity index (χ1v) is 6.53. The normalized spacial score (nSPS) is 13.2. The summed E-state index contributed by atoms with van der Waals surface area (Å²) in [7, 11) is 2.67. The Morgan fingerprint density at radius 1 is 1.05 bits per heavy atom. The molecule has 8 heteroatoms. The zero-order chi connectivity index (χ0) is 16.4. The minimum atomic E-state index is -1.16. The molecule has 8 nitrogen and oxygen atoms in total. The Kier molecular flexibility index (Phi) is 8.95. The summed E-state index contributed by atoms with van der Waals surface area (Å²) in [6, 6.07) is -0.840. The summed E-state index contributed by atoms with van der Waals surface area (Å²) in [5, 5.41) is 20.4. The Hall–Kier alpha value is -1.96. The molecule has 0 radical (unpaired) electrons. The molecule has 0 aliphatic carbocycles. The largest absolute Gasteiger partial charge is 0.481 e. The number of carbonyl (C=O) groups is 4. The van der Waals surface area contributed by atoms with Crippen LogP contribution in [-0.4, -0.2) is 54.1 Å². The van der Waals surface area contributed by atoms with Crippen molar-refractivity contribution in [2.24, 2.45) is 5.92 Å². The van der Waals surface area contributed by atoms with Gasteiger partial charge >= 0.3 is 17.9 Å². The van der Waals surface area contributed by atoms with Gasteiger partial charge in [0.25, 0.3) is 0 Å². The van der Waals surface area contributed by atoms with Crippen molar-refractivity contribution in [1.82, 2.24) is 5.32 Å². The fraction of sp³-hybridized carbons (Fsp3) is 0.692. The molecule has 3 N–H and O–H groups in total. The highest BCUT2D eigenvalue weighted by Gasteiger charge is 2.23. The van der Waals surface area contributed by atoms with Crippen molar-refractivity contribution in [2.45, 2.75) is 38.1 Å². The van der Waals surface area contributed by atoms with Crippen molar-refractivity contribution in [3.63, 3.8) is 0 Å². The average Bonchev–Trinajstić information content (AvgIpc) is 2.42. The summed E-state index contributed by atoms with van der Waals surface area (Å²) in [5.74, 6) is -4.06. The number of carboxylic acid groups (broad SMARTS) is 2. The molecule has 0 fully saturated rings. The highest BCUT2D eigenvalue weighted by atomic mass is 16.5. The number of esters is 1. The van der Waals surface area contributed by atoms with Crippen LogP contribution in [-0.2, 0) is 23.9 Å². The lowest BCUT2D eigenvalue weighted by atomic mass is 9.94. The lowest BCUT2D eigenvalue weighted by molar-refractivity contribution is -0.146. The van der Waals surface area contributed by atoms with E-state index in [-0.39, 0.29) is 37.9 Å². The molecule has 0 rings (SSSR count). The number of carboxylic acids is 2. The molecule has 0 saturated heterocycles. The van der Waals surface area contributed by atoms with Crippen LogP contribution in [0.2, 0.25) is 0 Å². The van der Waals surface area contributed by atoms with E-state index in [0.717, 1.165) is 0 Å². The van der Waals surface area contributed by atoms with Crippen LogP contribution in [0.15, 0.2) is 0 Å². The maximum Gasteiger partial charge on any atom is 0.320 e. The molecule has 120 valence electrons. The van der Waals surface area contributed by atoms with E-state index in [2.05, 4.69) is 10.1 Å². The van der Waals surface area contributed by atoms with Gasteiger partial charge in [0.15, 0.2) is 0 Å². The molecule has 0 aliphatic rings. The molecule has 0 aromatic carbocycles. The molecule has 0 unspecified atom stereocenters. The van der Waals surface area contributed by atoms with Crippen LogP contribution in [0.1, 0.15) is 32.1 Å². The fourth-order valence-electron chi connectivity index (χ4n) is 1.78. The summed E-state index contributed by atoms with van der Waals surface area (Å²) in [4.78, 5) is 44.5. The summed E-state index contributed by atoms with van der Waals surface area (Å²) < 4.78 is 4.41. The van der Waals surface area contributed by atoms with E-state index < -0.39 is 29.9 Å². The van der Waals surface area contributed by atoms with Gasteiger partial charge in [0, 0.05) is 19.3 Å². The zero-order valence-electron chi connectivity index (χ0n) is 12.1. The molecule has 0 aromatic heterocycles. The van der Waals surface area contributed by atoms with E-state index in [4.69, 9.17) is 10.2 Å². The quantitative estimate of drug-likeness (QED) is 0.456. The van der Waals surface area contributed by atoms with E-state index in [9.17, 15) is 19.2 Å². The molecule has 0 bridgehead atoms. The van der Waals surface area contributed by atoms with Gasteiger partial charge in [0.2, 0.25) is 0 Å². The first kappa shape index (κ1) is 19.0. The molecule has 0 aromatic rings. The number of ether oxygens (including phenoxy) is 1. The monoisotopic (exact) mass is 303 g/mol. The van der Waals surface area contributed by atoms with E-state index in [1.54, 1.807) is 0 Å². The van der Waals surface area contributed by atoms with Gasteiger partial charge in [-0.15, -0.1) is 0 Å². The molecule has 21 heavy (non-hydrogen) atoms. The second kappa shape index (κ2) is 9.87. The molecule has 0 amide bonds. The highest BCUT2D eigenvalue weighted by Crippen LogP contribution is 2.15. The van der Waals surface area contributed by atoms with Crippen LogP contribution < -0.4 is 5.32 Å². The molecular formula is C13H21NO7. The van der Waals surface area contributed by atoms with Crippen LogP contribution in [0.25, 0.3) is 0 Å². The van der Waals surface area contributed by atoms with Crippen LogP contribution >= 0.6 is 0 Å². The molecule has 0 heterocycles. The van der Waals surface area contributed by atoms with Crippen molar-refractivity contribution in [3.8, 4) is 0 Å². The number of ketones is 1. The third-order valence-electron chi connectivity index (χ3n) is 3.11. The fourth-order valence-corrected chi connectivity index (χ4v) is 1.78. The Labute approximate surface area is 122 Å². The third kappa shape index (κ3) is 8.03. The van der Waals surface area contributed by atoms with Crippen molar-refractivity contribution in [2.75, 3.05) is 14.2 Å². The Morgan fingerprint density at radius 2 is 1.67 bits per heavy atom. The maximum absolute atomic E-state index is 11.7. The van der Waals surface area contributed by atoms with Crippen molar-refractivity contribution < 1.29 is 34.1 Å². The number of Topliss-reactive ketones (excluding diaryl/α,β-unsaturated/α-hetero) is 1. The average molecular weight is 303 g/mol. The summed E-state index contributed by atoms with van der Waals surface area (Å²) >= 11 is 0. The Balaban J connectivity index is 4.32. The van der Waals surface area contributed by atoms with Gasteiger partial charge < -0.3 is 20.3 Å². The first-order chi connectivity index (χ1) is 9.81. The van der Waals surface area contributed by atoms with Crippen molar-refractivity contribution in [1.29, 1.82) is 0 Å². The number of methoxy groups -OCH3 is 1. The van der Waals surface area contributed by atoms with E-state index >= 15 is 0 Å². The minimum absolute atomic E-state index is 0.0160. The van der Waals surface area contributed by atoms with Gasteiger partial charge in [-0.1, -0.05) is 0 Å². The van der Waals surface area contributed by atoms with Crippen LogP contribution in [0.4, 0.5) is 0 Å². The molecule has 0 aliphatic heterocycles. The van der Waals surface area contributed by atoms with Gasteiger partial charge in [0.05, 0.1) is 13.0 Å². The van der Waals surface area contributed by atoms with Gasteiger partial charge in [0.1, 0.15) is 11.8 Å². The van der Waals surface area contributed by atoms with E-state index in [1.165, 1.54) is 14.2 Å². The molecule has 0 spiro atoms. The molecule has 0 saturated carbocycles. The van der Waals surface area contributed by atoms with Gasteiger partial charge in [-0.05, 0) is 19.9 Å². The third-order valence-corrected chi connectivity index (χ3v) is 3.11. The van der Waals surface area contributed by atoms with Crippen LogP contribution in [0.3, 0.4) is 0 Å². The number of nitrogens with one attached hydrogen (secondary N) is 1. The number of likely N-dealkylation sites (N-methyl/N-ethyl adjacent to an activating group) is 1. The smallest absolute Gasteiger partial charge is 0.320 e. The van der Waals surface area contributed by atoms with Gasteiger partial charge in [-0.25, -0.2) is 0 Å². The predicted molar refractivity (Wildman–Crippen MR) is 71.7 cm³/mol. The minimum Gasteiger partial charge on any atom is -0.481 e. The SMILES string of the molecule is CN[C@@H](CCC(=O)C[C@@H](CCC(=O)OC)C(=O)O)C(=O)O. The molecular weight excluding hydrogens is 282 g/mol. The zero-order valence-corrected chi connectivity index (χ0v) is 12.1. The number of aliphatic carboxylic acids is 2. The van der Waals surface area contributed by atoms with E-state index in [1.807, 2.05) is 0 Å². The highest BCUT2D eigenvalue weighted by molar-refractivity contribution is 5.84. The molecule has 2 atom stereocenters. The predicted octanol–water partition coefficient (Wildman–Crippen LogP) is 0.0524. The van der Waals surface area contributed by atoms with Crippen molar-refractivity contribution in [3.05, 3.63) is 0 Å². The maximum atomic E-state index is 11.7. The second-order valence-corrected chi connectivity index (χ2v) is 4.61. The van der Waals surface area contributed by atoms with Crippen LogP contribution in [0, 0.1) is 5.92 Å². The van der Waals surface area contributed by atoms with E-state index in [0.29, 0.717) is 0 Å². The standard InChI is InChI=1S/C13H21NO7/c1-14-10(13(19)20)5-4-9(15)7-8(12(17)18)3-6-11(16)21-2/h8,10,14H,3-7H2,1-2H3,(H,17,18)(H,19,20)/t8-,10+/m1/s1. The van der Waals surface area contributed by atoms with Gasteiger partial charge in [-0.2, -0.15) is 0 Å². The summed E-state index contributed by atoms with van der Waals surface area (Å²) in [6.45, 7) is 0. The second-order valence-electron chi connectivity index (χ2n) is 4.61. The number of rotatable bonds is 11. The summed E-state index contributed by atoms with van der Waals surface area (Å²) in [5.41, 5.74) is 0. The summed E-state index contributed by atoms with van der Waals surface area (Å²) in [6.07, 6.45) is -0.215. The van der Waals surface area contributed by atoms with Gasteiger partial charge in [-0.3, -0.25) is 19.2 Å². The lowest BCUT2D eigenvalue weighted by Gasteiger charge is -2.13. The Bertz CT molecular complexity index is 394. The topological polar surface area (TPSA) is 130 Å². The number of hydrogen-bond acceptors (Lipinski definition) is 6. The number of carbonyl (C=O) groups excluding carboxylic acids is 2. The first-order valence-electron chi connectivity index (χ1n) is 6.53. The van der Waals surface area contributed by atoms with Crippen LogP contribution in [0.5, 0.6) is 0 Å². The number of hydrogen-bond donors (Lipinski definition) is 3. The lowest BCUT2D eigenvalue weighted by Crippen LogP contribution is -2.34.